The topological polar surface area (TPSA) is 40.6 Å². The Morgan fingerprint density at radius 2 is 1.85 bits per heavy atom. The molecule has 0 bridgehead atoms. The summed E-state index contributed by atoms with van der Waals surface area (Å²) >= 11 is 1.53. The van der Waals surface area contributed by atoms with Crippen LogP contribution in [0.5, 0.6) is 0 Å². The van der Waals surface area contributed by atoms with Crippen LogP contribution in [0.3, 0.4) is 0 Å². The molecule has 1 aromatic carbocycles. The Kier molecular flexibility index (Phi) is 4.81. The highest BCUT2D eigenvalue weighted by molar-refractivity contribution is 7.17. The molecule has 2 aromatic rings. The van der Waals surface area contributed by atoms with E-state index in [1.165, 1.54) is 24.2 Å². The first-order valence-corrected chi connectivity index (χ1v) is 10.2. The average Bonchev–Trinajstić information content (AvgIpc) is 3.31. The summed E-state index contributed by atoms with van der Waals surface area (Å²) < 4.78 is 0. The van der Waals surface area contributed by atoms with Crippen LogP contribution in [0, 0.1) is 6.92 Å². The van der Waals surface area contributed by atoms with E-state index in [-0.39, 0.29) is 18.4 Å². The Balaban J connectivity index is 1.48. The maximum absolute atomic E-state index is 12.9. The molecule has 1 aliphatic carbocycles. The molecule has 26 heavy (non-hydrogen) atoms. The zero-order valence-corrected chi connectivity index (χ0v) is 15.9. The van der Waals surface area contributed by atoms with Crippen molar-refractivity contribution in [1.29, 1.82) is 0 Å². The number of thiophene rings is 1. The number of benzene rings is 1. The molecule has 2 aliphatic rings. The number of amides is 2. The summed E-state index contributed by atoms with van der Waals surface area (Å²) in [6.07, 6.45) is 4.66. The molecular weight excluding hydrogens is 344 g/mol. The molecule has 0 radical (unpaired) electrons. The van der Waals surface area contributed by atoms with Crippen molar-refractivity contribution in [3.8, 4) is 10.4 Å². The minimum absolute atomic E-state index is 0.0142. The lowest BCUT2D eigenvalue weighted by molar-refractivity contribution is -0.137. The van der Waals surface area contributed by atoms with Crippen molar-refractivity contribution >= 4 is 23.2 Å². The number of hydrogen-bond acceptors (Lipinski definition) is 3. The molecule has 1 saturated carbocycles. The first-order valence-electron chi connectivity index (χ1n) is 9.38. The molecule has 0 N–H and O–H groups in total. The number of hydrogen-bond donors (Lipinski definition) is 0. The second-order valence-corrected chi connectivity index (χ2v) is 8.29. The minimum Gasteiger partial charge on any atom is -0.336 e. The summed E-state index contributed by atoms with van der Waals surface area (Å²) in [6, 6.07) is 12.5. The molecule has 0 atom stereocenters. The van der Waals surface area contributed by atoms with Gasteiger partial charge in [0, 0.05) is 24.0 Å². The van der Waals surface area contributed by atoms with Gasteiger partial charge in [-0.1, -0.05) is 43.2 Å². The molecule has 136 valence electrons. The van der Waals surface area contributed by atoms with Gasteiger partial charge in [-0.2, -0.15) is 0 Å². The largest absolute Gasteiger partial charge is 0.336 e. The normalized spacial score (nSPS) is 18.6. The quantitative estimate of drug-likeness (QED) is 0.823. The smallest absolute Gasteiger partial charge is 0.264 e. The van der Waals surface area contributed by atoms with Gasteiger partial charge < -0.3 is 9.80 Å². The highest BCUT2D eigenvalue weighted by Gasteiger charge is 2.33. The van der Waals surface area contributed by atoms with Crippen LogP contribution >= 0.6 is 11.3 Å². The van der Waals surface area contributed by atoms with E-state index in [0.29, 0.717) is 19.1 Å². The van der Waals surface area contributed by atoms with E-state index in [1.807, 2.05) is 36.1 Å². The van der Waals surface area contributed by atoms with Crippen LogP contribution in [-0.2, 0) is 4.79 Å². The Morgan fingerprint density at radius 1 is 1.12 bits per heavy atom. The lowest BCUT2D eigenvalue weighted by atomic mass is 10.1. The van der Waals surface area contributed by atoms with Crippen molar-refractivity contribution in [1.82, 2.24) is 9.80 Å². The number of piperazine rings is 1. The number of nitrogens with zero attached hydrogens (tertiary/aromatic N) is 2. The molecule has 0 unspecified atom stereocenters. The maximum Gasteiger partial charge on any atom is 0.264 e. The fraction of sp³-hybridized carbons (Fsp3) is 0.429. The van der Waals surface area contributed by atoms with Crippen molar-refractivity contribution in [2.75, 3.05) is 19.6 Å². The highest BCUT2D eigenvalue weighted by atomic mass is 32.1. The molecule has 4 rings (SSSR count). The van der Waals surface area contributed by atoms with Gasteiger partial charge in [0.15, 0.2) is 0 Å². The third-order valence-corrected chi connectivity index (χ3v) is 6.75. The number of carbonyl (C=O) groups is 2. The van der Waals surface area contributed by atoms with Crippen LogP contribution in [0.15, 0.2) is 36.4 Å². The molecule has 2 fully saturated rings. The average molecular weight is 369 g/mol. The molecule has 5 heteroatoms. The highest BCUT2D eigenvalue weighted by Crippen LogP contribution is 2.33. The summed E-state index contributed by atoms with van der Waals surface area (Å²) in [6.45, 7) is 3.57. The molecule has 1 saturated heterocycles. The second-order valence-electron chi connectivity index (χ2n) is 7.24. The second kappa shape index (κ2) is 7.23. The Labute approximate surface area is 158 Å². The fourth-order valence-corrected chi connectivity index (χ4v) is 5.23. The van der Waals surface area contributed by atoms with E-state index >= 15 is 0 Å². The number of rotatable bonds is 3. The summed E-state index contributed by atoms with van der Waals surface area (Å²) in [7, 11) is 0. The summed E-state index contributed by atoms with van der Waals surface area (Å²) in [4.78, 5) is 31.1. The first-order chi connectivity index (χ1) is 12.6. The molecular formula is C21H24N2O2S. The SMILES string of the molecule is Cc1cc(C(=O)N2CCN(C3CCCC3)C(=O)C2)sc1-c1ccccc1. The van der Waals surface area contributed by atoms with Crippen molar-refractivity contribution in [3.63, 3.8) is 0 Å². The summed E-state index contributed by atoms with van der Waals surface area (Å²) in [5.41, 5.74) is 2.25. The zero-order valence-electron chi connectivity index (χ0n) is 15.1. The summed E-state index contributed by atoms with van der Waals surface area (Å²) in [5.74, 6) is 0.0905. The van der Waals surface area contributed by atoms with E-state index in [9.17, 15) is 9.59 Å². The van der Waals surface area contributed by atoms with E-state index in [1.54, 1.807) is 4.90 Å². The third-order valence-electron chi connectivity index (χ3n) is 5.47. The first kappa shape index (κ1) is 17.3. The van der Waals surface area contributed by atoms with Crippen molar-refractivity contribution < 1.29 is 9.59 Å². The Bertz CT molecular complexity index is 809. The standard InChI is InChI=1S/C21H24N2O2S/c1-15-13-18(26-20(15)16-7-3-2-4-8-16)21(25)22-11-12-23(19(24)14-22)17-9-5-6-10-17/h2-4,7-8,13,17H,5-6,9-12,14H2,1H3. The van der Waals surface area contributed by atoms with E-state index < -0.39 is 0 Å². The Morgan fingerprint density at radius 3 is 2.54 bits per heavy atom. The van der Waals surface area contributed by atoms with Crippen LogP contribution < -0.4 is 0 Å². The molecule has 2 heterocycles. The minimum atomic E-state index is -0.0142. The van der Waals surface area contributed by atoms with Gasteiger partial charge in [0.25, 0.3) is 5.91 Å². The maximum atomic E-state index is 12.9. The molecule has 4 nitrogen and oxygen atoms in total. The van der Waals surface area contributed by atoms with Crippen molar-refractivity contribution in [2.24, 2.45) is 0 Å². The van der Waals surface area contributed by atoms with Gasteiger partial charge in [0.05, 0.1) is 4.88 Å². The predicted molar refractivity (Wildman–Crippen MR) is 104 cm³/mol. The lowest BCUT2D eigenvalue weighted by Gasteiger charge is -2.37. The van der Waals surface area contributed by atoms with Crippen LogP contribution in [0.4, 0.5) is 0 Å². The van der Waals surface area contributed by atoms with Crippen molar-refractivity contribution in [2.45, 2.75) is 38.6 Å². The van der Waals surface area contributed by atoms with Gasteiger partial charge in [-0.3, -0.25) is 9.59 Å². The van der Waals surface area contributed by atoms with Gasteiger partial charge >= 0.3 is 0 Å². The lowest BCUT2D eigenvalue weighted by Crippen LogP contribution is -2.54. The van der Waals surface area contributed by atoms with Gasteiger partial charge in [-0.05, 0) is 37.0 Å². The van der Waals surface area contributed by atoms with Gasteiger partial charge in [-0.15, -0.1) is 11.3 Å². The molecule has 1 aromatic heterocycles. The molecule has 1 aliphatic heterocycles. The summed E-state index contributed by atoms with van der Waals surface area (Å²) in [5, 5.41) is 0. The van der Waals surface area contributed by atoms with E-state index in [2.05, 4.69) is 12.1 Å². The van der Waals surface area contributed by atoms with Crippen molar-refractivity contribution in [3.05, 3.63) is 46.8 Å². The van der Waals surface area contributed by atoms with Crippen LogP contribution in [-0.4, -0.2) is 47.3 Å². The van der Waals surface area contributed by atoms with Crippen LogP contribution in [0.25, 0.3) is 10.4 Å². The van der Waals surface area contributed by atoms with Gasteiger partial charge in [-0.25, -0.2) is 0 Å². The predicted octanol–water partition coefficient (Wildman–Crippen LogP) is 3.95. The van der Waals surface area contributed by atoms with Crippen LogP contribution in [0.1, 0.15) is 40.9 Å². The number of carbonyl (C=O) groups excluding carboxylic acids is 2. The van der Waals surface area contributed by atoms with Crippen LogP contribution in [0.2, 0.25) is 0 Å². The van der Waals surface area contributed by atoms with Gasteiger partial charge in [0.2, 0.25) is 5.91 Å². The monoisotopic (exact) mass is 368 g/mol. The van der Waals surface area contributed by atoms with E-state index in [4.69, 9.17) is 0 Å². The zero-order chi connectivity index (χ0) is 18.1. The van der Waals surface area contributed by atoms with E-state index in [0.717, 1.165) is 33.7 Å². The van der Waals surface area contributed by atoms with Gasteiger partial charge in [0.1, 0.15) is 6.54 Å². The fourth-order valence-electron chi connectivity index (χ4n) is 4.08. The molecule has 2 amide bonds. The Hall–Kier alpha value is -2.14. The third kappa shape index (κ3) is 3.28. The molecule has 0 spiro atoms. The number of aryl methyl sites for hydroxylation is 1.